The second-order valence-corrected chi connectivity index (χ2v) is 8.15. The summed E-state index contributed by atoms with van der Waals surface area (Å²) < 4.78 is 10.1. The van der Waals surface area contributed by atoms with Crippen LogP contribution in [0.15, 0.2) is 48.5 Å². The van der Waals surface area contributed by atoms with E-state index in [4.69, 9.17) is 9.47 Å². The summed E-state index contributed by atoms with van der Waals surface area (Å²) in [5.41, 5.74) is 3.67. The van der Waals surface area contributed by atoms with E-state index in [9.17, 15) is 9.59 Å². The Morgan fingerprint density at radius 2 is 1.56 bits per heavy atom. The van der Waals surface area contributed by atoms with Crippen LogP contribution in [0.2, 0.25) is 0 Å². The van der Waals surface area contributed by atoms with E-state index in [1.165, 1.54) is 12.7 Å². The molecule has 6 nitrogen and oxygen atoms in total. The molecule has 1 aliphatic heterocycles. The number of esters is 1. The topological polar surface area (TPSA) is 67.9 Å². The number of nitrogens with one attached hydrogen (secondary N) is 1. The van der Waals surface area contributed by atoms with Crippen molar-refractivity contribution >= 4 is 17.6 Å². The Bertz CT molecular complexity index is 966. The van der Waals surface area contributed by atoms with Crippen LogP contribution in [-0.4, -0.2) is 50.2 Å². The molecule has 1 saturated heterocycles. The fourth-order valence-electron chi connectivity index (χ4n) is 3.52. The predicted octanol–water partition coefficient (Wildman–Crippen LogP) is 3.30. The van der Waals surface area contributed by atoms with Gasteiger partial charge in [-0.2, -0.15) is 0 Å². The number of benzene rings is 2. The molecule has 0 radical (unpaired) electrons. The number of nitrogens with zero attached hydrogens (tertiary/aromatic N) is 1. The quantitative estimate of drug-likeness (QED) is 0.429. The number of amides is 1. The van der Waals surface area contributed by atoms with E-state index >= 15 is 0 Å². The second-order valence-electron chi connectivity index (χ2n) is 8.15. The average Bonchev–Trinajstić information content (AvgIpc) is 2.80. The van der Waals surface area contributed by atoms with Crippen molar-refractivity contribution < 1.29 is 19.1 Å². The molecule has 3 rings (SSSR count). The van der Waals surface area contributed by atoms with Gasteiger partial charge in [-0.05, 0) is 47.9 Å². The van der Waals surface area contributed by atoms with Gasteiger partial charge in [0, 0.05) is 36.4 Å². The lowest BCUT2D eigenvalue weighted by Gasteiger charge is -2.26. The van der Waals surface area contributed by atoms with Gasteiger partial charge in [-0.25, -0.2) is 0 Å². The molecule has 2 aromatic rings. The van der Waals surface area contributed by atoms with Crippen LogP contribution in [-0.2, 0) is 25.6 Å². The SMILES string of the molecule is COC(=O)C(C(=O)Nc1ccc(C#Cc2ccc(CN3CCOCC3)cc2)cc1)C(C)C. The van der Waals surface area contributed by atoms with E-state index in [0.29, 0.717) is 5.69 Å². The number of carbonyl (C=O) groups excluding carboxylic acids is 2. The van der Waals surface area contributed by atoms with Crippen molar-refractivity contribution in [3.05, 3.63) is 65.2 Å². The summed E-state index contributed by atoms with van der Waals surface area (Å²) in [4.78, 5) is 26.7. The van der Waals surface area contributed by atoms with Gasteiger partial charge in [-0.15, -0.1) is 0 Å². The highest BCUT2D eigenvalue weighted by Crippen LogP contribution is 2.17. The molecule has 1 N–H and O–H groups in total. The molecule has 168 valence electrons. The van der Waals surface area contributed by atoms with Crippen molar-refractivity contribution in [3.63, 3.8) is 0 Å². The largest absolute Gasteiger partial charge is 0.468 e. The molecule has 1 fully saturated rings. The zero-order valence-electron chi connectivity index (χ0n) is 18.9. The first-order chi connectivity index (χ1) is 15.5. The zero-order chi connectivity index (χ0) is 22.9. The van der Waals surface area contributed by atoms with E-state index in [1.807, 2.05) is 38.1 Å². The van der Waals surface area contributed by atoms with E-state index in [-0.39, 0.29) is 11.8 Å². The molecule has 32 heavy (non-hydrogen) atoms. The van der Waals surface area contributed by atoms with Gasteiger partial charge >= 0.3 is 5.97 Å². The highest BCUT2D eigenvalue weighted by molar-refractivity contribution is 6.04. The Hall–Kier alpha value is -3.14. The third-order valence-electron chi connectivity index (χ3n) is 5.37. The van der Waals surface area contributed by atoms with Gasteiger partial charge in [0.05, 0.1) is 20.3 Å². The Balaban J connectivity index is 1.58. The number of rotatable bonds is 6. The van der Waals surface area contributed by atoms with Crippen LogP contribution in [0.1, 0.15) is 30.5 Å². The van der Waals surface area contributed by atoms with Crippen molar-refractivity contribution in [1.82, 2.24) is 4.90 Å². The highest BCUT2D eigenvalue weighted by atomic mass is 16.5. The first-order valence-electron chi connectivity index (χ1n) is 10.9. The number of ether oxygens (including phenoxy) is 2. The smallest absolute Gasteiger partial charge is 0.318 e. The molecule has 1 heterocycles. The van der Waals surface area contributed by atoms with Crippen LogP contribution in [0.3, 0.4) is 0 Å². The minimum absolute atomic E-state index is 0.159. The summed E-state index contributed by atoms with van der Waals surface area (Å²) in [7, 11) is 1.29. The molecule has 1 atom stereocenters. The maximum Gasteiger partial charge on any atom is 0.318 e. The molecular formula is C26H30N2O4. The number of carbonyl (C=O) groups is 2. The molecule has 2 aromatic carbocycles. The van der Waals surface area contributed by atoms with Crippen LogP contribution in [0.25, 0.3) is 0 Å². The van der Waals surface area contributed by atoms with Crippen molar-refractivity contribution in [2.45, 2.75) is 20.4 Å². The van der Waals surface area contributed by atoms with Crippen LogP contribution in [0, 0.1) is 23.7 Å². The molecule has 0 aromatic heterocycles. The third kappa shape index (κ3) is 6.68. The van der Waals surface area contributed by atoms with Gasteiger partial charge in [-0.3, -0.25) is 14.5 Å². The second kappa shape index (κ2) is 11.5. The van der Waals surface area contributed by atoms with Crippen LogP contribution in [0.5, 0.6) is 0 Å². The van der Waals surface area contributed by atoms with Gasteiger partial charge in [0.15, 0.2) is 0 Å². The van der Waals surface area contributed by atoms with Crippen LogP contribution in [0.4, 0.5) is 5.69 Å². The lowest BCUT2D eigenvalue weighted by Crippen LogP contribution is -2.35. The number of methoxy groups -OCH3 is 1. The molecule has 6 heteroatoms. The van der Waals surface area contributed by atoms with Crippen LogP contribution >= 0.6 is 0 Å². The first-order valence-corrected chi connectivity index (χ1v) is 10.9. The molecule has 1 unspecified atom stereocenters. The fourth-order valence-corrected chi connectivity index (χ4v) is 3.52. The first kappa shape index (κ1) is 23.5. The van der Waals surface area contributed by atoms with Gasteiger partial charge in [0.25, 0.3) is 0 Å². The van der Waals surface area contributed by atoms with Gasteiger partial charge < -0.3 is 14.8 Å². The summed E-state index contributed by atoms with van der Waals surface area (Å²) in [6, 6.07) is 15.6. The normalized spacial score (nSPS) is 14.9. The number of anilines is 1. The number of hydrogen-bond acceptors (Lipinski definition) is 5. The van der Waals surface area contributed by atoms with E-state index in [2.05, 4.69) is 34.2 Å². The zero-order valence-corrected chi connectivity index (χ0v) is 18.9. The summed E-state index contributed by atoms with van der Waals surface area (Å²) in [6.07, 6.45) is 0. The summed E-state index contributed by atoms with van der Waals surface area (Å²) in [5.74, 6) is 4.42. The molecule has 0 saturated carbocycles. The van der Waals surface area contributed by atoms with Crippen molar-refractivity contribution in [1.29, 1.82) is 0 Å². The Labute approximate surface area is 189 Å². The standard InChI is InChI=1S/C26H30N2O4/c1-19(2)24(26(30)31-3)25(29)27-23-12-10-21(11-13-23)5-4-20-6-8-22(9-7-20)18-28-14-16-32-17-15-28/h6-13,19,24H,14-18H2,1-3H3,(H,27,29). The molecule has 1 amide bonds. The summed E-state index contributed by atoms with van der Waals surface area (Å²) in [6.45, 7) is 8.10. The third-order valence-corrected chi connectivity index (χ3v) is 5.37. The lowest BCUT2D eigenvalue weighted by atomic mass is 9.95. The number of hydrogen-bond donors (Lipinski definition) is 1. The summed E-state index contributed by atoms with van der Waals surface area (Å²) >= 11 is 0. The van der Waals surface area contributed by atoms with E-state index in [1.54, 1.807) is 12.1 Å². The summed E-state index contributed by atoms with van der Waals surface area (Å²) in [5, 5.41) is 2.78. The lowest BCUT2D eigenvalue weighted by molar-refractivity contribution is -0.150. The fraction of sp³-hybridized carbons (Fsp3) is 0.385. The molecule has 0 bridgehead atoms. The molecule has 1 aliphatic rings. The Kier molecular flexibility index (Phi) is 8.43. The molecule has 0 spiro atoms. The van der Waals surface area contributed by atoms with Gasteiger partial charge in [0.2, 0.25) is 5.91 Å². The van der Waals surface area contributed by atoms with E-state index in [0.717, 1.165) is 44.0 Å². The molecular weight excluding hydrogens is 404 g/mol. The monoisotopic (exact) mass is 434 g/mol. The Morgan fingerprint density at radius 1 is 1.00 bits per heavy atom. The maximum atomic E-state index is 12.5. The average molecular weight is 435 g/mol. The molecule has 0 aliphatic carbocycles. The van der Waals surface area contributed by atoms with Gasteiger partial charge in [-0.1, -0.05) is 37.8 Å². The maximum absolute atomic E-state index is 12.5. The van der Waals surface area contributed by atoms with Crippen LogP contribution < -0.4 is 5.32 Å². The van der Waals surface area contributed by atoms with Crippen molar-refractivity contribution in [2.75, 3.05) is 38.7 Å². The van der Waals surface area contributed by atoms with Gasteiger partial charge in [0.1, 0.15) is 5.92 Å². The van der Waals surface area contributed by atoms with E-state index < -0.39 is 11.9 Å². The minimum atomic E-state index is -0.842. The van der Waals surface area contributed by atoms with Crippen molar-refractivity contribution in [2.24, 2.45) is 11.8 Å². The highest BCUT2D eigenvalue weighted by Gasteiger charge is 2.30. The Morgan fingerprint density at radius 3 is 2.09 bits per heavy atom. The minimum Gasteiger partial charge on any atom is -0.468 e. The predicted molar refractivity (Wildman–Crippen MR) is 124 cm³/mol. The number of morpholine rings is 1. The van der Waals surface area contributed by atoms with Crippen molar-refractivity contribution in [3.8, 4) is 11.8 Å².